The number of esters is 1. The summed E-state index contributed by atoms with van der Waals surface area (Å²) < 4.78 is 4.98. The number of carbonyl (C=O) groups excluding carboxylic acids is 2. The number of ether oxygens (including phenoxy) is 1. The van der Waals surface area contributed by atoms with E-state index in [4.69, 9.17) is 10.5 Å². The standard InChI is InChI=1S/C10H20N2O3.ClH/c1-6(2)15-10(14)7(3)5-12-9(13)8(4)11;/h6-8H,5,11H2,1-4H3,(H,12,13);1H/t7?,8-;/m0./s1. The minimum atomic E-state index is -0.557. The van der Waals surface area contributed by atoms with Crippen molar-refractivity contribution in [3.63, 3.8) is 0 Å². The van der Waals surface area contributed by atoms with Crippen molar-refractivity contribution in [3.05, 3.63) is 0 Å². The van der Waals surface area contributed by atoms with Crippen LogP contribution in [0.3, 0.4) is 0 Å². The molecule has 0 spiro atoms. The largest absolute Gasteiger partial charge is 0.463 e. The van der Waals surface area contributed by atoms with Crippen molar-refractivity contribution in [1.29, 1.82) is 0 Å². The van der Waals surface area contributed by atoms with Gasteiger partial charge in [-0.25, -0.2) is 0 Å². The maximum atomic E-state index is 11.3. The van der Waals surface area contributed by atoms with Gasteiger partial charge in [0, 0.05) is 6.54 Å². The molecule has 0 saturated carbocycles. The Morgan fingerprint density at radius 1 is 1.25 bits per heavy atom. The van der Waals surface area contributed by atoms with Crippen LogP contribution in [-0.4, -0.2) is 30.6 Å². The quantitative estimate of drug-likeness (QED) is 0.697. The first kappa shape index (κ1) is 17.6. The van der Waals surface area contributed by atoms with E-state index < -0.39 is 6.04 Å². The van der Waals surface area contributed by atoms with Crippen molar-refractivity contribution in [3.8, 4) is 0 Å². The molecule has 1 unspecified atom stereocenters. The van der Waals surface area contributed by atoms with Crippen LogP contribution in [0.4, 0.5) is 0 Å². The molecule has 96 valence electrons. The third-order valence-electron chi connectivity index (χ3n) is 1.75. The number of rotatable bonds is 5. The van der Waals surface area contributed by atoms with Crippen LogP contribution in [0.5, 0.6) is 0 Å². The van der Waals surface area contributed by atoms with E-state index in [-0.39, 0.29) is 42.9 Å². The molecule has 0 aliphatic heterocycles. The Hall–Kier alpha value is -0.810. The molecular formula is C10H21ClN2O3. The van der Waals surface area contributed by atoms with Crippen molar-refractivity contribution in [2.75, 3.05) is 6.54 Å². The molecule has 0 heterocycles. The van der Waals surface area contributed by atoms with Crippen molar-refractivity contribution < 1.29 is 14.3 Å². The number of nitrogens with two attached hydrogens (primary N) is 1. The van der Waals surface area contributed by atoms with E-state index in [1.54, 1.807) is 27.7 Å². The normalized spacial score (nSPS) is 13.6. The van der Waals surface area contributed by atoms with E-state index in [0.717, 1.165) is 0 Å². The van der Waals surface area contributed by atoms with E-state index in [2.05, 4.69) is 5.32 Å². The maximum Gasteiger partial charge on any atom is 0.310 e. The topological polar surface area (TPSA) is 81.4 Å². The number of carbonyl (C=O) groups is 2. The highest BCUT2D eigenvalue weighted by Gasteiger charge is 2.17. The lowest BCUT2D eigenvalue weighted by Gasteiger charge is -2.15. The van der Waals surface area contributed by atoms with Gasteiger partial charge < -0.3 is 15.8 Å². The van der Waals surface area contributed by atoms with Crippen LogP contribution in [0, 0.1) is 5.92 Å². The summed E-state index contributed by atoms with van der Waals surface area (Å²) in [6.07, 6.45) is -0.135. The molecule has 3 N–H and O–H groups in total. The van der Waals surface area contributed by atoms with Gasteiger partial charge in [0.15, 0.2) is 0 Å². The molecule has 0 rings (SSSR count). The zero-order chi connectivity index (χ0) is 12.0. The first-order chi connectivity index (χ1) is 6.84. The molecule has 1 amide bonds. The third kappa shape index (κ3) is 7.48. The van der Waals surface area contributed by atoms with Gasteiger partial charge in [-0.2, -0.15) is 0 Å². The van der Waals surface area contributed by atoms with Gasteiger partial charge >= 0.3 is 5.97 Å². The summed E-state index contributed by atoms with van der Waals surface area (Å²) in [4.78, 5) is 22.4. The number of halogens is 1. The predicted molar refractivity (Wildman–Crippen MR) is 64.3 cm³/mol. The zero-order valence-corrected chi connectivity index (χ0v) is 11.0. The molecule has 0 fully saturated rings. The number of hydrogen-bond acceptors (Lipinski definition) is 4. The lowest BCUT2D eigenvalue weighted by Crippen LogP contribution is -2.41. The Kier molecular flexibility index (Phi) is 9.18. The SMILES string of the molecule is CC(C)OC(=O)C(C)CNC(=O)[C@H](C)N.Cl. The summed E-state index contributed by atoms with van der Waals surface area (Å²) in [5, 5.41) is 2.57. The van der Waals surface area contributed by atoms with Gasteiger partial charge in [-0.3, -0.25) is 9.59 Å². The smallest absolute Gasteiger partial charge is 0.310 e. The highest BCUT2D eigenvalue weighted by molar-refractivity contribution is 5.85. The molecule has 16 heavy (non-hydrogen) atoms. The molecule has 0 aliphatic rings. The van der Waals surface area contributed by atoms with Gasteiger partial charge in [0.05, 0.1) is 18.1 Å². The van der Waals surface area contributed by atoms with Crippen molar-refractivity contribution in [2.45, 2.75) is 39.8 Å². The minimum Gasteiger partial charge on any atom is -0.463 e. The van der Waals surface area contributed by atoms with Crippen LogP contribution in [-0.2, 0) is 14.3 Å². The fourth-order valence-corrected chi connectivity index (χ4v) is 0.846. The fraction of sp³-hybridized carbons (Fsp3) is 0.800. The van der Waals surface area contributed by atoms with Gasteiger partial charge in [-0.1, -0.05) is 6.92 Å². The Labute approximate surface area is 103 Å². The van der Waals surface area contributed by atoms with Crippen LogP contribution in [0.1, 0.15) is 27.7 Å². The van der Waals surface area contributed by atoms with Gasteiger partial charge in [0.2, 0.25) is 5.91 Å². The summed E-state index contributed by atoms with van der Waals surface area (Å²) in [5.41, 5.74) is 5.35. The summed E-state index contributed by atoms with van der Waals surface area (Å²) in [7, 11) is 0. The lowest BCUT2D eigenvalue weighted by atomic mass is 10.2. The van der Waals surface area contributed by atoms with Crippen LogP contribution >= 0.6 is 12.4 Å². The van der Waals surface area contributed by atoms with Crippen LogP contribution in [0.15, 0.2) is 0 Å². The second kappa shape index (κ2) is 8.35. The average Bonchev–Trinajstić information content (AvgIpc) is 2.12. The number of hydrogen-bond donors (Lipinski definition) is 2. The van der Waals surface area contributed by atoms with E-state index in [0.29, 0.717) is 0 Å². The summed E-state index contributed by atoms with van der Waals surface area (Å²) in [6, 6.07) is -0.557. The van der Waals surface area contributed by atoms with Crippen molar-refractivity contribution in [2.24, 2.45) is 11.7 Å². The maximum absolute atomic E-state index is 11.3. The van der Waals surface area contributed by atoms with Crippen LogP contribution < -0.4 is 11.1 Å². The molecule has 0 bridgehead atoms. The Balaban J connectivity index is 0. The highest BCUT2D eigenvalue weighted by atomic mass is 35.5. The summed E-state index contributed by atoms with van der Waals surface area (Å²) >= 11 is 0. The molecule has 0 aliphatic carbocycles. The molecule has 0 aromatic carbocycles. The van der Waals surface area contributed by atoms with Crippen molar-refractivity contribution in [1.82, 2.24) is 5.32 Å². The third-order valence-corrected chi connectivity index (χ3v) is 1.75. The molecule has 2 atom stereocenters. The fourth-order valence-electron chi connectivity index (χ4n) is 0.846. The molecule has 0 radical (unpaired) electrons. The second-order valence-corrected chi connectivity index (χ2v) is 3.92. The van der Waals surface area contributed by atoms with Crippen LogP contribution in [0.2, 0.25) is 0 Å². The first-order valence-electron chi connectivity index (χ1n) is 5.08. The van der Waals surface area contributed by atoms with Gasteiger partial charge in [-0.05, 0) is 20.8 Å². The second-order valence-electron chi connectivity index (χ2n) is 3.92. The lowest BCUT2D eigenvalue weighted by molar-refractivity contribution is -0.151. The predicted octanol–water partition coefficient (Wildman–Crippen LogP) is 0.459. The van der Waals surface area contributed by atoms with Gasteiger partial charge in [-0.15, -0.1) is 12.4 Å². The molecule has 6 heteroatoms. The summed E-state index contributed by atoms with van der Waals surface area (Å²) in [5.74, 6) is -0.927. The minimum absolute atomic E-state index is 0. The monoisotopic (exact) mass is 252 g/mol. The molecule has 0 aromatic rings. The Morgan fingerprint density at radius 3 is 2.12 bits per heavy atom. The Morgan fingerprint density at radius 2 is 1.75 bits per heavy atom. The van der Waals surface area contributed by atoms with Gasteiger partial charge in [0.25, 0.3) is 0 Å². The molecule has 0 aromatic heterocycles. The number of amides is 1. The van der Waals surface area contributed by atoms with E-state index in [9.17, 15) is 9.59 Å². The highest BCUT2D eigenvalue weighted by Crippen LogP contribution is 2.00. The molecular weight excluding hydrogens is 232 g/mol. The van der Waals surface area contributed by atoms with E-state index in [1.807, 2.05) is 0 Å². The van der Waals surface area contributed by atoms with Gasteiger partial charge in [0.1, 0.15) is 0 Å². The average molecular weight is 253 g/mol. The van der Waals surface area contributed by atoms with E-state index in [1.165, 1.54) is 0 Å². The van der Waals surface area contributed by atoms with E-state index >= 15 is 0 Å². The molecule has 0 saturated heterocycles. The van der Waals surface area contributed by atoms with Crippen LogP contribution in [0.25, 0.3) is 0 Å². The molecule has 5 nitrogen and oxygen atoms in total. The number of nitrogens with one attached hydrogen (secondary N) is 1. The zero-order valence-electron chi connectivity index (χ0n) is 10.1. The Bertz CT molecular complexity index is 232. The first-order valence-corrected chi connectivity index (χ1v) is 5.08. The van der Waals surface area contributed by atoms with Crippen molar-refractivity contribution >= 4 is 24.3 Å². The summed E-state index contributed by atoms with van der Waals surface area (Å²) in [6.45, 7) is 7.11.